The van der Waals surface area contributed by atoms with Gasteiger partial charge in [0, 0.05) is 12.1 Å². The monoisotopic (exact) mass is 459 g/mol. The smallest absolute Gasteiger partial charge is 0.414 e. The molecule has 1 aliphatic rings. The Morgan fingerprint density at radius 3 is 2.58 bits per heavy atom. The number of likely N-dealkylation sites (tertiary alicyclic amines) is 1. The molecule has 4 rings (SSSR count). The fourth-order valence-electron chi connectivity index (χ4n) is 3.66. The predicted molar refractivity (Wildman–Crippen MR) is 118 cm³/mol. The summed E-state index contributed by atoms with van der Waals surface area (Å²) in [5.74, 6) is -2.34. The first-order valence-electron chi connectivity index (χ1n) is 10.3. The number of hydrogen-bond donors (Lipinski definition) is 3. The Bertz CT molecular complexity index is 1070. The van der Waals surface area contributed by atoms with Crippen molar-refractivity contribution in [2.24, 2.45) is 5.92 Å². The molecule has 1 aliphatic heterocycles. The van der Waals surface area contributed by atoms with Gasteiger partial charge in [0.1, 0.15) is 23.5 Å². The van der Waals surface area contributed by atoms with Crippen LogP contribution in [0.15, 0.2) is 42.5 Å². The molecule has 2 aromatic carbocycles. The van der Waals surface area contributed by atoms with E-state index >= 15 is 0 Å². The Labute approximate surface area is 189 Å². The third-order valence-corrected chi connectivity index (χ3v) is 5.31. The number of nitrogens with one attached hydrogen (secondary N) is 1. The largest absolute Gasteiger partial charge is 0.497 e. The summed E-state index contributed by atoms with van der Waals surface area (Å²) in [7, 11) is 3.68. The van der Waals surface area contributed by atoms with E-state index in [2.05, 4.69) is 21.9 Å². The quantitative estimate of drug-likeness (QED) is 0.481. The molecule has 1 saturated heterocycles. The number of aromatic amines is 1. The number of carboxylic acid groups (broad SMARTS) is 2. The van der Waals surface area contributed by atoms with Gasteiger partial charge in [0.05, 0.1) is 24.8 Å². The number of halogens is 1. The number of fused-ring (bicyclic) bond motifs is 1. The van der Waals surface area contributed by atoms with Crippen molar-refractivity contribution in [1.29, 1.82) is 0 Å². The number of benzene rings is 2. The first-order valence-corrected chi connectivity index (χ1v) is 10.3. The minimum atomic E-state index is -1.82. The number of hydrogen-bond acceptors (Lipinski definition) is 6. The van der Waals surface area contributed by atoms with Crippen molar-refractivity contribution in [2.75, 3.05) is 33.9 Å². The summed E-state index contributed by atoms with van der Waals surface area (Å²) in [5, 5.41) is 14.8. The Morgan fingerprint density at radius 1 is 1.24 bits per heavy atom. The summed E-state index contributed by atoms with van der Waals surface area (Å²) in [6.07, 6.45) is 0.475. The Hall–Kier alpha value is -3.50. The lowest BCUT2D eigenvalue weighted by atomic mass is 10.1. The molecule has 0 saturated carbocycles. The van der Waals surface area contributed by atoms with Crippen LogP contribution in [0.3, 0.4) is 0 Å². The molecule has 33 heavy (non-hydrogen) atoms. The van der Waals surface area contributed by atoms with Crippen LogP contribution >= 0.6 is 0 Å². The van der Waals surface area contributed by atoms with Gasteiger partial charge in [0.2, 0.25) is 0 Å². The molecule has 1 fully saturated rings. The molecule has 2 unspecified atom stereocenters. The molecule has 2 heterocycles. The maximum Gasteiger partial charge on any atom is 0.414 e. The number of rotatable bonds is 6. The fraction of sp³-hybridized carbons (Fsp3) is 0.348. The van der Waals surface area contributed by atoms with Crippen LogP contribution in [0.25, 0.3) is 11.0 Å². The highest BCUT2D eigenvalue weighted by atomic mass is 19.1. The summed E-state index contributed by atoms with van der Waals surface area (Å²) in [4.78, 5) is 28.4. The van der Waals surface area contributed by atoms with E-state index in [-0.39, 0.29) is 5.82 Å². The summed E-state index contributed by atoms with van der Waals surface area (Å²) in [5.41, 5.74) is 2.18. The zero-order valence-corrected chi connectivity index (χ0v) is 18.3. The molecule has 9 nitrogen and oxygen atoms in total. The van der Waals surface area contributed by atoms with Gasteiger partial charge < -0.3 is 29.6 Å². The number of aromatic nitrogens is 2. The normalized spacial score (nSPS) is 16.8. The van der Waals surface area contributed by atoms with Gasteiger partial charge in [-0.3, -0.25) is 0 Å². The topological polar surface area (TPSA) is 125 Å². The lowest BCUT2D eigenvalue weighted by Crippen LogP contribution is -2.19. The maximum atomic E-state index is 14.7. The lowest BCUT2D eigenvalue weighted by molar-refractivity contribution is -0.159. The van der Waals surface area contributed by atoms with Crippen LogP contribution in [0, 0.1) is 11.7 Å². The van der Waals surface area contributed by atoms with Gasteiger partial charge in [-0.15, -0.1) is 0 Å². The molecule has 0 bridgehead atoms. The van der Waals surface area contributed by atoms with Gasteiger partial charge >= 0.3 is 11.9 Å². The minimum absolute atomic E-state index is 0.329. The van der Waals surface area contributed by atoms with Crippen molar-refractivity contribution in [2.45, 2.75) is 12.5 Å². The predicted octanol–water partition coefficient (Wildman–Crippen LogP) is 2.92. The zero-order chi connectivity index (χ0) is 24.0. The highest BCUT2D eigenvalue weighted by molar-refractivity contribution is 6.27. The SMILES string of the molecule is COc1ccc(F)c(C(OCC2CCN(C)C2)c2nc3ccccc3[nH]2)c1.O=C(O)C(=O)O. The van der Waals surface area contributed by atoms with Gasteiger partial charge in [-0.25, -0.2) is 19.0 Å². The van der Waals surface area contributed by atoms with E-state index in [9.17, 15) is 4.39 Å². The molecule has 2 atom stereocenters. The first-order chi connectivity index (χ1) is 15.8. The molecule has 0 radical (unpaired) electrons. The van der Waals surface area contributed by atoms with Gasteiger partial charge in [-0.05, 0) is 56.3 Å². The van der Waals surface area contributed by atoms with Crippen LogP contribution in [-0.2, 0) is 14.3 Å². The van der Waals surface area contributed by atoms with Crippen molar-refractivity contribution in [3.63, 3.8) is 0 Å². The van der Waals surface area contributed by atoms with Crippen LogP contribution in [0.1, 0.15) is 23.9 Å². The molecular weight excluding hydrogens is 433 g/mol. The van der Waals surface area contributed by atoms with E-state index in [1.807, 2.05) is 24.3 Å². The number of carboxylic acids is 2. The van der Waals surface area contributed by atoms with E-state index in [0.29, 0.717) is 29.7 Å². The van der Waals surface area contributed by atoms with E-state index in [1.165, 1.54) is 6.07 Å². The van der Waals surface area contributed by atoms with E-state index in [1.54, 1.807) is 19.2 Å². The molecule has 0 spiro atoms. The average molecular weight is 459 g/mol. The molecule has 3 N–H and O–H groups in total. The zero-order valence-electron chi connectivity index (χ0n) is 18.3. The standard InChI is InChI=1S/C21H24FN3O2.C2H2O4/c1-25-10-9-14(12-25)13-27-20(16-11-15(26-2)7-8-17(16)22)21-23-18-5-3-4-6-19(18)24-21;3-1(4)2(5)6/h3-8,11,14,20H,9-10,12-13H2,1-2H3,(H,23,24);(H,3,4)(H,5,6). The Morgan fingerprint density at radius 2 is 1.97 bits per heavy atom. The number of ether oxygens (including phenoxy) is 2. The minimum Gasteiger partial charge on any atom is -0.497 e. The van der Waals surface area contributed by atoms with Crippen molar-refractivity contribution >= 4 is 23.0 Å². The van der Waals surface area contributed by atoms with E-state index in [0.717, 1.165) is 30.5 Å². The lowest BCUT2D eigenvalue weighted by Gasteiger charge is -2.20. The van der Waals surface area contributed by atoms with Gasteiger partial charge in [0.15, 0.2) is 0 Å². The number of aliphatic carboxylic acids is 2. The fourth-order valence-corrected chi connectivity index (χ4v) is 3.66. The van der Waals surface area contributed by atoms with Crippen LogP contribution in [0.5, 0.6) is 5.75 Å². The van der Waals surface area contributed by atoms with Crippen molar-refractivity contribution in [3.8, 4) is 5.75 Å². The van der Waals surface area contributed by atoms with Crippen LogP contribution in [0.4, 0.5) is 4.39 Å². The second kappa shape index (κ2) is 10.9. The number of H-pyrrole nitrogens is 1. The molecular formula is C23H26FN3O6. The third kappa shape index (κ3) is 6.27. The number of carbonyl (C=O) groups is 2. The van der Waals surface area contributed by atoms with Gasteiger partial charge in [-0.1, -0.05) is 12.1 Å². The van der Waals surface area contributed by atoms with Crippen molar-refractivity contribution in [3.05, 3.63) is 59.7 Å². The number of imidazole rings is 1. The highest BCUT2D eigenvalue weighted by Gasteiger charge is 2.26. The second-order valence-electron chi connectivity index (χ2n) is 7.77. The summed E-state index contributed by atoms with van der Waals surface area (Å²) < 4.78 is 26.2. The van der Waals surface area contributed by atoms with Crippen molar-refractivity contribution < 1.29 is 33.7 Å². The summed E-state index contributed by atoms with van der Waals surface area (Å²) >= 11 is 0. The van der Waals surface area contributed by atoms with E-state index < -0.39 is 18.0 Å². The molecule has 0 aliphatic carbocycles. The van der Waals surface area contributed by atoms with Gasteiger partial charge in [0.25, 0.3) is 0 Å². The van der Waals surface area contributed by atoms with Crippen LogP contribution in [0.2, 0.25) is 0 Å². The molecule has 176 valence electrons. The van der Waals surface area contributed by atoms with Crippen molar-refractivity contribution in [1.82, 2.24) is 14.9 Å². The first kappa shape index (κ1) is 24.1. The molecule has 0 amide bonds. The highest BCUT2D eigenvalue weighted by Crippen LogP contribution is 2.31. The third-order valence-electron chi connectivity index (χ3n) is 5.31. The number of nitrogens with zero attached hydrogens (tertiary/aromatic N) is 2. The summed E-state index contributed by atoms with van der Waals surface area (Å²) in [6.45, 7) is 2.62. The molecule has 1 aromatic heterocycles. The molecule has 10 heteroatoms. The number of para-hydroxylation sites is 2. The van der Waals surface area contributed by atoms with Gasteiger partial charge in [-0.2, -0.15) is 0 Å². The van der Waals surface area contributed by atoms with E-state index in [4.69, 9.17) is 29.3 Å². The van der Waals surface area contributed by atoms with Crippen LogP contribution < -0.4 is 4.74 Å². The summed E-state index contributed by atoms with van der Waals surface area (Å²) in [6, 6.07) is 12.5. The Kier molecular flexibility index (Phi) is 7.96. The molecule has 3 aromatic rings. The van der Waals surface area contributed by atoms with Crippen LogP contribution in [-0.4, -0.2) is 70.9 Å². The maximum absolute atomic E-state index is 14.7. The average Bonchev–Trinajstić information content (AvgIpc) is 3.41. The second-order valence-corrected chi connectivity index (χ2v) is 7.77. The number of methoxy groups -OCH3 is 1. The Balaban J connectivity index is 0.000000454.